The van der Waals surface area contributed by atoms with Crippen molar-refractivity contribution in [1.29, 1.82) is 0 Å². The standard InChI is InChI=1S/C13H19ClN2O2S.ClH/c1-10-5-6-12(14)13(8-10)19(17,18)16-7-3-2-4-11(16)9-15;/h5-6,8,11H,2-4,7,9,15H2,1H3;1H. The van der Waals surface area contributed by atoms with Gasteiger partial charge in [0.2, 0.25) is 10.0 Å². The molecule has 1 heterocycles. The van der Waals surface area contributed by atoms with Gasteiger partial charge in [-0.15, -0.1) is 12.4 Å². The number of sulfonamides is 1. The first-order valence-electron chi connectivity index (χ1n) is 6.45. The van der Waals surface area contributed by atoms with Crippen molar-refractivity contribution in [2.24, 2.45) is 5.73 Å². The molecule has 1 fully saturated rings. The molecule has 0 bridgehead atoms. The van der Waals surface area contributed by atoms with E-state index in [1.165, 1.54) is 4.31 Å². The van der Waals surface area contributed by atoms with Gasteiger partial charge >= 0.3 is 0 Å². The number of aryl methyl sites for hydroxylation is 1. The van der Waals surface area contributed by atoms with Crippen molar-refractivity contribution in [3.63, 3.8) is 0 Å². The lowest BCUT2D eigenvalue weighted by atomic mass is 10.1. The van der Waals surface area contributed by atoms with Crippen molar-refractivity contribution in [1.82, 2.24) is 4.31 Å². The Balaban J connectivity index is 0.00000200. The Hall–Kier alpha value is -0.330. The number of benzene rings is 1. The molecular weight excluding hydrogens is 319 g/mol. The van der Waals surface area contributed by atoms with Crippen molar-refractivity contribution in [3.05, 3.63) is 28.8 Å². The third-order valence-electron chi connectivity index (χ3n) is 3.52. The van der Waals surface area contributed by atoms with Crippen LogP contribution in [0.1, 0.15) is 24.8 Å². The monoisotopic (exact) mass is 338 g/mol. The van der Waals surface area contributed by atoms with Crippen molar-refractivity contribution >= 4 is 34.0 Å². The zero-order valence-corrected chi connectivity index (χ0v) is 13.8. The average molecular weight is 339 g/mol. The van der Waals surface area contributed by atoms with Gasteiger partial charge < -0.3 is 5.73 Å². The van der Waals surface area contributed by atoms with Crippen LogP contribution in [0.2, 0.25) is 5.02 Å². The second-order valence-electron chi connectivity index (χ2n) is 4.93. The summed E-state index contributed by atoms with van der Waals surface area (Å²) in [5, 5.41) is 0.270. The van der Waals surface area contributed by atoms with Crippen molar-refractivity contribution in [2.45, 2.75) is 37.1 Å². The average Bonchev–Trinajstić information content (AvgIpc) is 2.41. The van der Waals surface area contributed by atoms with Crippen LogP contribution in [0, 0.1) is 6.92 Å². The minimum absolute atomic E-state index is 0. The van der Waals surface area contributed by atoms with E-state index < -0.39 is 10.0 Å². The molecule has 2 N–H and O–H groups in total. The minimum Gasteiger partial charge on any atom is -0.329 e. The first-order chi connectivity index (χ1) is 8.96. The Morgan fingerprint density at radius 1 is 1.40 bits per heavy atom. The molecule has 114 valence electrons. The fraction of sp³-hybridized carbons (Fsp3) is 0.538. The molecule has 1 aliphatic rings. The van der Waals surface area contributed by atoms with Gasteiger partial charge in [-0.3, -0.25) is 0 Å². The quantitative estimate of drug-likeness (QED) is 0.921. The van der Waals surface area contributed by atoms with E-state index in [0.29, 0.717) is 13.1 Å². The molecule has 1 saturated heterocycles. The summed E-state index contributed by atoms with van der Waals surface area (Å²) in [6, 6.07) is 4.94. The summed E-state index contributed by atoms with van der Waals surface area (Å²) in [5.74, 6) is 0. The van der Waals surface area contributed by atoms with Gasteiger partial charge in [0.05, 0.1) is 5.02 Å². The van der Waals surface area contributed by atoms with E-state index >= 15 is 0 Å². The fourth-order valence-corrected chi connectivity index (χ4v) is 4.73. The smallest absolute Gasteiger partial charge is 0.244 e. The minimum atomic E-state index is -3.56. The summed E-state index contributed by atoms with van der Waals surface area (Å²) >= 11 is 6.05. The first kappa shape index (κ1) is 17.7. The molecule has 1 aromatic carbocycles. The Kier molecular flexibility index (Phi) is 6.28. The van der Waals surface area contributed by atoms with Gasteiger partial charge in [0, 0.05) is 19.1 Å². The van der Waals surface area contributed by atoms with Crippen LogP contribution in [0.3, 0.4) is 0 Å². The van der Waals surface area contributed by atoms with E-state index in [2.05, 4.69) is 0 Å². The van der Waals surface area contributed by atoms with Crippen LogP contribution in [-0.2, 0) is 10.0 Å². The third kappa shape index (κ3) is 3.46. The molecule has 0 aromatic heterocycles. The van der Waals surface area contributed by atoms with Crippen LogP contribution in [-0.4, -0.2) is 31.9 Å². The zero-order valence-electron chi connectivity index (χ0n) is 11.4. The lowest BCUT2D eigenvalue weighted by Gasteiger charge is -2.34. The van der Waals surface area contributed by atoms with E-state index in [-0.39, 0.29) is 28.4 Å². The molecule has 4 nitrogen and oxygen atoms in total. The summed E-state index contributed by atoms with van der Waals surface area (Å²) in [4.78, 5) is 0.189. The number of nitrogens with zero attached hydrogens (tertiary/aromatic N) is 1. The van der Waals surface area contributed by atoms with Gasteiger partial charge in [0.1, 0.15) is 4.90 Å². The molecule has 7 heteroatoms. The van der Waals surface area contributed by atoms with Crippen molar-refractivity contribution in [3.8, 4) is 0 Å². The Bertz CT molecular complexity index is 563. The summed E-state index contributed by atoms with van der Waals surface area (Å²) in [6.45, 7) is 2.73. The highest BCUT2D eigenvalue weighted by Crippen LogP contribution is 2.29. The highest BCUT2D eigenvalue weighted by atomic mass is 35.5. The molecule has 0 radical (unpaired) electrons. The lowest BCUT2D eigenvalue weighted by molar-refractivity contribution is 0.257. The van der Waals surface area contributed by atoms with E-state index in [1.54, 1.807) is 18.2 Å². The predicted molar refractivity (Wildman–Crippen MR) is 84.0 cm³/mol. The normalized spacial score (nSPS) is 20.4. The lowest BCUT2D eigenvalue weighted by Crippen LogP contribution is -2.47. The van der Waals surface area contributed by atoms with Crippen molar-refractivity contribution < 1.29 is 8.42 Å². The molecule has 20 heavy (non-hydrogen) atoms. The number of halogens is 2. The number of nitrogens with two attached hydrogens (primary N) is 1. The summed E-state index contributed by atoms with van der Waals surface area (Å²) < 4.78 is 26.9. The van der Waals surface area contributed by atoms with Crippen LogP contribution < -0.4 is 5.73 Å². The van der Waals surface area contributed by atoms with Gasteiger partial charge in [-0.2, -0.15) is 4.31 Å². The SMILES string of the molecule is Cc1ccc(Cl)c(S(=O)(=O)N2CCCCC2CN)c1.Cl. The Morgan fingerprint density at radius 2 is 2.10 bits per heavy atom. The maximum atomic E-state index is 12.7. The Labute approximate surface area is 131 Å². The molecule has 2 rings (SSSR count). The maximum absolute atomic E-state index is 12.7. The maximum Gasteiger partial charge on any atom is 0.244 e. The molecule has 1 aromatic rings. The van der Waals surface area contributed by atoms with Crippen molar-refractivity contribution in [2.75, 3.05) is 13.1 Å². The number of piperidine rings is 1. The highest BCUT2D eigenvalue weighted by Gasteiger charge is 2.33. The summed E-state index contributed by atoms with van der Waals surface area (Å²) in [7, 11) is -3.56. The number of hydrogen-bond acceptors (Lipinski definition) is 3. The van der Waals surface area contributed by atoms with Gasteiger partial charge in [-0.25, -0.2) is 8.42 Å². The highest BCUT2D eigenvalue weighted by molar-refractivity contribution is 7.89. The Morgan fingerprint density at radius 3 is 2.75 bits per heavy atom. The molecule has 0 aliphatic carbocycles. The van der Waals surface area contributed by atoms with Crippen LogP contribution >= 0.6 is 24.0 Å². The second-order valence-corrected chi connectivity index (χ2v) is 7.20. The van der Waals surface area contributed by atoms with E-state index in [0.717, 1.165) is 24.8 Å². The zero-order chi connectivity index (χ0) is 14.0. The van der Waals surface area contributed by atoms with Gasteiger partial charge in [-0.05, 0) is 37.5 Å². The topological polar surface area (TPSA) is 63.4 Å². The van der Waals surface area contributed by atoms with Crippen LogP contribution in [0.15, 0.2) is 23.1 Å². The summed E-state index contributed by atoms with van der Waals surface area (Å²) in [5.41, 5.74) is 6.58. The molecule has 1 atom stereocenters. The molecule has 0 saturated carbocycles. The van der Waals surface area contributed by atoms with E-state index in [4.69, 9.17) is 17.3 Å². The van der Waals surface area contributed by atoms with Gasteiger partial charge in [-0.1, -0.05) is 24.1 Å². The molecule has 1 unspecified atom stereocenters. The largest absolute Gasteiger partial charge is 0.329 e. The van der Waals surface area contributed by atoms with Crippen LogP contribution in [0.25, 0.3) is 0 Å². The number of rotatable bonds is 3. The molecular formula is C13H20Cl2N2O2S. The molecule has 0 amide bonds. The first-order valence-corrected chi connectivity index (χ1v) is 8.26. The van der Waals surface area contributed by atoms with E-state index in [1.807, 2.05) is 6.92 Å². The second kappa shape index (κ2) is 7.09. The van der Waals surface area contributed by atoms with Gasteiger partial charge in [0.15, 0.2) is 0 Å². The van der Waals surface area contributed by atoms with Crippen LogP contribution in [0.4, 0.5) is 0 Å². The predicted octanol–water partition coefficient (Wildman–Crippen LogP) is 2.57. The molecule has 0 spiro atoms. The van der Waals surface area contributed by atoms with E-state index in [9.17, 15) is 8.42 Å². The number of hydrogen-bond donors (Lipinski definition) is 1. The fourth-order valence-electron chi connectivity index (χ4n) is 2.46. The van der Waals surface area contributed by atoms with Crippen LogP contribution in [0.5, 0.6) is 0 Å². The molecule has 1 aliphatic heterocycles. The van der Waals surface area contributed by atoms with Gasteiger partial charge in [0.25, 0.3) is 0 Å². The third-order valence-corrected chi connectivity index (χ3v) is 5.95. The summed E-state index contributed by atoms with van der Waals surface area (Å²) in [6.07, 6.45) is 2.72.